The molecule has 1 amide bonds. The fourth-order valence-electron chi connectivity index (χ4n) is 4.92. The Morgan fingerprint density at radius 3 is 2.51 bits per heavy atom. The van der Waals surface area contributed by atoms with Gasteiger partial charge in [-0.25, -0.2) is 9.18 Å². The van der Waals surface area contributed by atoms with Crippen molar-refractivity contribution in [2.24, 2.45) is 0 Å². The van der Waals surface area contributed by atoms with Crippen LogP contribution >= 0.6 is 11.8 Å². The summed E-state index contributed by atoms with van der Waals surface area (Å²) in [6.45, 7) is 3.22. The summed E-state index contributed by atoms with van der Waals surface area (Å²) in [6, 6.07) is 5.00. The van der Waals surface area contributed by atoms with E-state index < -0.39 is 33.8 Å². The summed E-state index contributed by atoms with van der Waals surface area (Å²) >= 11 is 1.27. The molecule has 1 saturated heterocycles. The van der Waals surface area contributed by atoms with Crippen LogP contribution in [0, 0.1) is 15.9 Å². The Morgan fingerprint density at radius 2 is 1.90 bits per heavy atom. The van der Waals surface area contributed by atoms with E-state index in [2.05, 4.69) is 0 Å². The zero-order chi connectivity index (χ0) is 28.0. The molecule has 1 N–H and O–H groups in total. The molecular weight excluding hydrogens is 535 g/mol. The molecule has 1 aromatic carbocycles. The van der Waals surface area contributed by atoms with Crippen molar-refractivity contribution < 1.29 is 33.2 Å². The molecule has 39 heavy (non-hydrogen) atoms. The number of halogens is 1. The van der Waals surface area contributed by atoms with Crippen LogP contribution in [-0.2, 0) is 4.79 Å². The molecule has 0 saturated carbocycles. The number of amides is 1. The maximum absolute atomic E-state index is 15.1. The number of rotatable bonds is 8. The number of Topliss-reactive ketones (excluding diaryl/α,β-unsaturated/α-hetero) is 1. The van der Waals surface area contributed by atoms with Crippen LogP contribution in [0.2, 0.25) is 0 Å². The molecule has 0 bridgehead atoms. The molecule has 3 aromatic rings. The number of aromatic carboxylic acids is 1. The Balaban J connectivity index is 1.22. The number of aromatic nitrogens is 1. The second-order valence-electron chi connectivity index (χ2n) is 9.26. The Bertz CT molecular complexity index is 1590. The highest BCUT2D eigenvalue weighted by Crippen LogP contribution is 2.46. The highest BCUT2D eigenvalue weighted by Gasteiger charge is 2.33. The highest BCUT2D eigenvalue weighted by atomic mass is 32.2. The van der Waals surface area contributed by atoms with Gasteiger partial charge in [0, 0.05) is 44.4 Å². The first-order valence-corrected chi connectivity index (χ1v) is 13.1. The number of benzene rings is 1. The van der Waals surface area contributed by atoms with Crippen molar-refractivity contribution in [3.8, 4) is 0 Å². The Kier molecular flexibility index (Phi) is 6.89. The second-order valence-corrected chi connectivity index (χ2v) is 10.6. The highest BCUT2D eigenvalue weighted by molar-refractivity contribution is 8.00. The molecule has 14 heteroatoms. The number of ketones is 1. The van der Waals surface area contributed by atoms with Crippen LogP contribution in [0.3, 0.4) is 0 Å². The van der Waals surface area contributed by atoms with Crippen LogP contribution in [0.4, 0.5) is 16.0 Å². The van der Waals surface area contributed by atoms with E-state index >= 15 is 4.39 Å². The third-order valence-corrected chi connectivity index (χ3v) is 8.08. The molecule has 0 aliphatic carbocycles. The summed E-state index contributed by atoms with van der Waals surface area (Å²) in [5.41, 5.74) is -0.327. The fraction of sp³-hybridized carbons (Fsp3) is 0.360. The number of carboxylic acid groups (broad SMARTS) is 1. The molecule has 1 fully saturated rings. The van der Waals surface area contributed by atoms with Gasteiger partial charge in [-0.15, -0.1) is 0 Å². The number of thioether (sulfide) groups is 1. The number of anilines is 1. The molecule has 5 rings (SSSR count). The van der Waals surface area contributed by atoms with E-state index in [0.717, 1.165) is 12.1 Å². The topological polar surface area (TPSA) is 156 Å². The van der Waals surface area contributed by atoms with Crippen molar-refractivity contribution in [1.82, 2.24) is 9.47 Å². The van der Waals surface area contributed by atoms with E-state index in [9.17, 15) is 34.4 Å². The zero-order valence-electron chi connectivity index (χ0n) is 20.7. The minimum atomic E-state index is -1.34. The second kappa shape index (κ2) is 10.2. The first-order valence-electron chi connectivity index (χ1n) is 12.2. The monoisotopic (exact) mass is 558 g/mol. The third-order valence-electron chi connectivity index (χ3n) is 6.90. The molecule has 1 unspecified atom stereocenters. The molecule has 204 valence electrons. The number of hydrogen-bond donors (Lipinski definition) is 1. The number of piperazine rings is 1. The van der Waals surface area contributed by atoms with Gasteiger partial charge >= 0.3 is 11.9 Å². The van der Waals surface area contributed by atoms with Gasteiger partial charge in [0.25, 0.3) is 0 Å². The average Bonchev–Trinajstić information content (AvgIpc) is 3.39. The molecule has 2 aliphatic rings. The van der Waals surface area contributed by atoms with Gasteiger partial charge in [0.1, 0.15) is 16.3 Å². The summed E-state index contributed by atoms with van der Waals surface area (Å²) in [5, 5.41) is 20.4. The minimum absolute atomic E-state index is 0.00264. The van der Waals surface area contributed by atoms with E-state index in [0.29, 0.717) is 36.7 Å². The Hall–Kier alpha value is -4.20. The molecule has 0 radical (unpaired) electrons. The first kappa shape index (κ1) is 26.4. The van der Waals surface area contributed by atoms with Gasteiger partial charge in [0.15, 0.2) is 11.5 Å². The van der Waals surface area contributed by atoms with Gasteiger partial charge in [0.2, 0.25) is 11.3 Å². The Morgan fingerprint density at radius 1 is 1.18 bits per heavy atom. The molecule has 1 atom stereocenters. The van der Waals surface area contributed by atoms with Crippen molar-refractivity contribution in [2.45, 2.75) is 36.6 Å². The van der Waals surface area contributed by atoms with Crippen LogP contribution < -0.4 is 10.3 Å². The van der Waals surface area contributed by atoms with Gasteiger partial charge in [-0.1, -0.05) is 11.8 Å². The maximum Gasteiger partial charge on any atom is 0.433 e. The van der Waals surface area contributed by atoms with Crippen molar-refractivity contribution in [2.75, 3.05) is 31.1 Å². The number of pyridine rings is 1. The first-order chi connectivity index (χ1) is 18.6. The van der Waals surface area contributed by atoms with Crippen molar-refractivity contribution >= 4 is 51.9 Å². The number of carbonyl (C=O) groups is 3. The quantitative estimate of drug-likeness (QED) is 0.246. The largest absolute Gasteiger partial charge is 0.477 e. The summed E-state index contributed by atoms with van der Waals surface area (Å²) in [6.07, 6.45) is 0.359. The van der Waals surface area contributed by atoms with E-state index in [1.54, 1.807) is 20.4 Å². The van der Waals surface area contributed by atoms with Gasteiger partial charge in [-0.05, 0) is 31.5 Å². The maximum atomic E-state index is 15.1. The molecule has 12 nitrogen and oxygen atoms in total. The number of furan rings is 1. The molecule has 2 aromatic heterocycles. The summed E-state index contributed by atoms with van der Waals surface area (Å²) in [4.78, 5) is 62.6. The summed E-state index contributed by atoms with van der Waals surface area (Å²) in [7, 11) is 0. The number of carbonyl (C=O) groups excluding carboxylic acids is 2. The van der Waals surface area contributed by atoms with E-state index in [1.807, 2.05) is 6.92 Å². The number of hydrogen-bond acceptors (Lipinski definition) is 9. The average molecular weight is 559 g/mol. The fourth-order valence-corrected chi connectivity index (χ4v) is 6.07. The summed E-state index contributed by atoms with van der Waals surface area (Å²) < 4.78 is 21.8. The third kappa shape index (κ3) is 4.75. The zero-order valence-corrected chi connectivity index (χ0v) is 21.5. The van der Waals surface area contributed by atoms with E-state index in [4.69, 9.17) is 4.42 Å². The van der Waals surface area contributed by atoms with Crippen LogP contribution in [0.5, 0.6) is 0 Å². The predicted octanol–water partition coefficient (Wildman–Crippen LogP) is 3.67. The number of nitro groups is 1. The van der Waals surface area contributed by atoms with E-state index in [1.165, 1.54) is 17.8 Å². The Labute approximate surface area is 224 Å². The standard InChI is InChI=1S/C25H23FN4O8S/c1-13-29-16-12-17(15(26)11-14(16)23(33)22(25(34)35)24(29)39-13)27-7-9-28(10-8-27)20(32)4-2-3-18(31)19-5-6-21(38-19)30(36)37/h5-6,11-13H,2-4,7-10H2,1H3,(H,34,35). The van der Waals surface area contributed by atoms with Crippen molar-refractivity contribution in [1.29, 1.82) is 0 Å². The molecular formula is C25H23FN4O8S. The van der Waals surface area contributed by atoms with E-state index in [-0.39, 0.29) is 52.9 Å². The lowest BCUT2D eigenvalue weighted by molar-refractivity contribution is -0.402. The number of carboxylic acids is 1. The van der Waals surface area contributed by atoms with Gasteiger partial charge in [-0.2, -0.15) is 0 Å². The molecule has 4 heterocycles. The van der Waals surface area contributed by atoms with Gasteiger partial charge in [0.05, 0.1) is 27.7 Å². The van der Waals surface area contributed by atoms with Gasteiger partial charge < -0.3 is 23.9 Å². The lowest BCUT2D eigenvalue weighted by Gasteiger charge is -2.37. The van der Waals surface area contributed by atoms with Crippen LogP contribution in [0.15, 0.2) is 38.5 Å². The van der Waals surface area contributed by atoms with Crippen LogP contribution in [-0.4, -0.2) is 63.3 Å². The van der Waals surface area contributed by atoms with Crippen LogP contribution in [0.25, 0.3) is 10.9 Å². The lowest BCUT2D eigenvalue weighted by Crippen LogP contribution is -2.49. The normalized spacial score (nSPS) is 16.6. The lowest BCUT2D eigenvalue weighted by atomic mass is 10.1. The summed E-state index contributed by atoms with van der Waals surface area (Å²) in [5.74, 6) is -3.21. The SMILES string of the molecule is CC1Sc2c(C(=O)O)c(=O)c3cc(F)c(N4CCN(C(=O)CCCC(=O)c5ccc([N+](=O)[O-])o5)CC4)cc3n21. The number of fused-ring (bicyclic) bond motifs is 3. The molecule has 0 spiro atoms. The van der Waals surface area contributed by atoms with Crippen molar-refractivity contribution in [3.63, 3.8) is 0 Å². The van der Waals surface area contributed by atoms with Gasteiger partial charge in [-0.3, -0.25) is 24.5 Å². The number of nitrogens with zero attached hydrogens (tertiary/aromatic N) is 4. The molecule has 2 aliphatic heterocycles. The predicted molar refractivity (Wildman–Crippen MR) is 138 cm³/mol. The van der Waals surface area contributed by atoms with Crippen molar-refractivity contribution in [3.05, 3.63) is 61.7 Å². The van der Waals surface area contributed by atoms with Crippen LogP contribution in [0.1, 0.15) is 52.5 Å². The smallest absolute Gasteiger partial charge is 0.433 e. The minimum Gasteiger partial charge on any atom is -0.477 e.